The van der Waals surface area contributed by atoms with E-state index in [9.17, 15) is 0 Å². The van der Waals surface area contributed by atoms with Crippen molar-refractivity contribution in [2.75, 3.05) is 6.54 Å². The fraction of sp³-hybridized carbons (Fsp3) is 0.333. The van der Waals surface area contributed by atoms with Gasteiger partial charge in [-0.2, -0.15) is 0 Å². The molecule has 0 radical (unpaired) electrons. The van der Waals surface area contributed by atoms with Gasteiger partial charge in [-0.3, -0.25) is 0 Å². The summed E-state index contributed by atoms with van der Waals surface area (Å²) in [4.78, 5) is 0. The third kappa shape index (κ3) is 2.83. The SMILES string of the molecule is C=C1C(=C)[C@@H](N(CCc2ccccc2)SI)[C@@H]1C. The first-order valence-electron chi connectivity index (χ1n) is 6.12. The molecule has 96 valence electrons. The minimum Gasteiger partial charge on any atom is -0.233 e. The Morgan fingerprint density at radius 1 is 1.22 bits per heavy atom. The molecule has 0 heterocycles. The fourth-order valence-corrected chi connectivity index (χ4v) is 4.28. The lowest BCUT2D eigenvalue weighted by atomic mass is 9.72. The van der Waals surface area contributed by atoms with Crippen LogP contribution in [0, 0.1) is 5.92 Å². The summed E-state index contributed by atoms with van der Waals surface area (Å²) in [7, 11) is 1.78. The minimum atomic E-state index is 0.461. The van der Waals surface area contributed by atoms with E-state index in [0.29, 0.717) is 12.0 Å². The first-order valence-corrected chi connectivity index (χ1v) is 9.44. The van der Waals surface area contributed by atoms with E-state index in [1.54, 1.807) is 9.12 Å². The summed E-state index contributed by atoms with van der Waals surface area (Å²) in [6.07, 6.45) is 1.08. The highest BCUT2D eigenvalue weighted by atomic mass is 127. The van der Waals surface area contributed by atoms with Gasteiger partial charge in [0.15, 0.2) is 0 Å². The smallest absolute Gasteiger partial charge is 0.0521 e. The summed E-state index contributed by atoms with van der Waals surface area (Å²) in [5.74, 6) is 0.538. The van der Waals surface area contributed by atoms with Crippen molar-refractivity contribution in [1.82, 2.24) is 4.31 Å². The zero-order chi connectivity index (χ0) is 13.1. The van der Waals surface area contributed by atoms with Crippen molar-refractivity contribution in [3.05, 3.63) is 60.2 Å². The molecule has 0 unspecified atom stereocenters. The highest BCUT2D eigenvalue weighted by Gasteiger charge is 2.39. The lowest BCUT2D eigenvalue weighted by Gasteiger charge is -2.45. The Hall–Kier alpha value is -0.260. The molecule has 1 saturated carbocycles. The van der Waals surface area contributed by atoms with Gasteiger partial charge in [-0.25, -0.2) is 4.31 Å². The molecule has 0 aliphatic heterocycles. The van der Waals surface area contributed by atoms with Crippen LogP contribution >= 0.6 is 30.3 Å². The topological polar surface area (TPSA) is 3.24 Å². The fourth-order valence-electron chi connectivity index (χ4n) is 2.40. The standard InChI is InChI=1S/C15H18INS/c1-11-12(2)15(13(11)3)17(18-16)10-9-14-7-5-4-6-8-14/h4-8,13,15H,1-2,9-10H2,3H3/t13-,15-/m1/s1. The molecular weight excluding hydrogens is 353 g/mol. The van der Waals surface area contributed by atoms with Gasteiger partial charge >= 0.3 is 0 Å². The second-order valence-corrected chi connectivity index (χ2v) is 6.52. The van der Waals surface area contributed by atoms with Gasteiger partial charge in [0.05, 0.1) is 6.04 Å². The molecule has 2 rings (SSSR count). The zero-order valence-corrected chi connectivity index (χ0v) is 13.6. The third-order valence-corrected chi connectivity index (χ3v) is 5.76. The van der Waals surface area contributed by atoms with Gasteiger partial charge in [0.2, 0.25) is 0 Å². The summed E-state index contributed by atoms with van der Waals surface area (Å²) in [5.41, 5.74) is 3.82. The largest absolute Gasteiger partial charge is 0.233 e. The molecule has 0 saturated heterocycles. The lowest BCUT2D eigenvalue weighted by molar-refractivity contribution is 0.293. The van der Waals surface area contributed by atoms with Crippen LogP contribution in [0.4, 0.5) is 0 Å². The van der Waals surface area contributed by atoms with Gasteiger partial charge in [-0.15, -0.1) is 0 Å². The van der Waals surface area contributed by atoms with Crippen molar-refractivity contribution in [3.63, 3.8) is 0 Å². The van der Waals surface area contributed by atoms with Crippen LogP contribution in [0.25, 0.3) is 0 Å². The Morgan fingerprint density at radius 3 is 2.44 bits per heavy atom. The van der Waals surface area contributed by atoms with Crippen LogP contribution in [0.15, 0.2) is 54.6 Å². The number of hydrogen-bond acceptors (Lipinski definition) is 2. The maximum absolute atomic E-state index is 4.14. The predicted molar refractivity (Wildman–Crippen MR) is 89.7 cm³/mol. The van der Waals surface area contributed by atoms with Crippen molar-refractivity contribution in [1.29, 1.82) is 0 Å². The van der Waals surface area contributed by atoms with E-state index < -0.39 is 0 Å². The Bertz CT molecular complexity index is 443. The quantitative estimate of drug-likeness (QED) is 0.547. The molecule has 3 heteroatoms. The maximum atomic E-state index is 4.14. The zero-order valence-electron chi connectivity index (χ0n) is 10.6. The Morgan fingerprint density at radius 2 is 1.89 bits per heavy atom. The lowest BCUT2D eigenvalue weighted by Crippen LogP contribution is -2.46. The van der Waals surface area contributed by atoms with Gasteiger partial charge in [0.1, 0.15) is 0 Å². The Labute approximate surface area is 126 Å². The van der Waals surface area contributed by atoms with Gasteiger partial charge in [-0.1, -0.05) is 50.4 Å². The van der Waals surface area contributed by atoms with E-state index >= 15 is 0 Å². The molecule has 2 atom stereocenters. The van der Waals surface area contributed by atoms with Crippen LogP contribution in [-0.2, 0) is 6.42 Å². The van der Waals surface area contributed by atoms with E-state index in [1.807, 2.05) is 0 Å². The van der Waals surface area contributed by atoms with Crippen molar-refractivity contribution in [2.24, 2.45) is 5.92 Å². The summed E-state index contributed by atoms with van der Waals surface area (Å²) in [6.45, 7) is 11.5. The molecular formula is C15H18INS. The molecule has 0 aromatic heterocycles. The Balaban J connectivity index is 1.94. The summed E-state index contributed by atoms with van der Waals surface area (Å²) in [5, 5.41) is 0. The number of rotatable bonds is 5. The third-order valence-electron chi connectivity index (χ3n) is 3.66. The van der Waals surface area contributed by atoms with E-state index in [-0.39, 0.29) is 0 Å². The highest BCUT2D eigenvalue weighted by Crippen LogP contribution is 2.44. The molecule has 1 aliphatic rings. The van der Waals surface area contributed by atoms with Crippen LogP contribution in [0.3, 0.4) is 0 Å². The maximum Gasteiger partial charge on any atom is 0.0521 e. The van der Waals surface area contributed by atoms with Gasteiger partial charge in [0, 0.05) is 33.7 Å². The summed E-state index contributed by atoms with van der Waals surface area (Å²) >= 11 is 2.36. The molecule has 18 heavy (non-hydrogen) atoms. The molecule has 1 aromatic rings. The second kappa shape index (κ2) is 6.26. The molecule has 1 nitrogen and oxygen atoms in total. The molecule has 1 aromatic carbocycles. The van der Waals surface area contributed by atoms with E-state index in [2.05, 4.69) is 75.9 Å². The van der Waals surface area contributed by atoms with Crippen molar-refractivity contribution >= 4 is 30.3 Å². The van der Waals surface area contributed by atoms with Gasteiger partial charge in [-0.05, 0) is 32.2 Å². The number of halogens is 1. The molecule has 1 fully saturated rings. The highest BCUT2D eigenvalue weighted by molar-refractivity contribution is 14.2. The average Bonchev–Trinajstić information content (AvgIpc) is 2.43. The summed E-state index contributed by atoms with van der Waals surface area (Å²) in [6, 6.07) is 11.1. The second-order valence-electron chi connectivity index (χ2n) is 4.73. The normalized spacial score (nSPS) is 23.3. The first-order chi connectivity index (χ1) is 8.65. The molecule has 0 N–H and O–H groups in total. The monoisotopic (exact) mass is 371 g/mol. The Kier molecular flexibility index (Phi) is 4.92. The number of benzene rings is 1. The number of hydrogen-bond donors (Lipinski definition) is 0. The first kappa shape index (κ1) is 14.2. The average molecular weight is 371 g/mol. The van der Waals surface area contributed by atoms with Crippen molar-refractivity contribution in [3.8, 4) is 0 Å². The molecule has 0 spiro atoms. The van der Waals surface area contributed by atoms with Crippen LogP contribution in [0.2, 0.25) is 0 Å². The van der Waals surface area contributed by atoms with Gasteiger partial charge in [0.25, 0.3) is 0 Å². The van der Waals surface area contributed by atoms with Crippen LogP contribution in [0.5, 0.6) is 0 Å². The summed E-state index contributed by atoms with van der Waals surface area (Å²) < 4.78 is 2.43. The van der Waals surface area contributed by atoms with Crippen LogP contribution in [0.1, 0.15) is 12.5 Å². The predicted octanol–water partition coefficient (Wildman–Crippen LogP) is 4.66. The molecule has 0 amide bonds. The number of nitrogens with zero attached hydrogens (tertiary/aromatic N) is 1. The van der Waals surface area contributed by atoms with E-state index in [1.165, 1.54) is 16.7 Å². The van der Waals surface area contributed by atoms with Crippen molar-refractivity contribution in [2.45, 2.75) is 19.4 Å². The van der Waals surface area contributed by atoms with Gasteiger partial charge < -0.3 is 0 Å². The van der Waals surface area contributed by atoms with E-state index in [0.717, 1.165) is 13.0 Å². The molecule has 1 aliphatic carbocycles. The van der Waals surface area contributed by atoms with Crippen LogP contribution in [-0.4, -0.2) is 16.9 Å². The van der Waals surface area contributed by atoms with Crippen LogP contribution < -0.4 is 0 Å². The van der Waals surface area contributed by atoms with E-state index in [4.69, 9.17) is 0 Å². The minimum absolute atomic E-state index is 0.461. The van der Waals surface area contributed by atoms with Crippen molar-refractivity contribution < 1.29 is 0 Å². The molecule has 0 bridgehead atoms.